The molecule has 2 rings (SSSR count). The molecule has 1 atom stereocenters. The molecule has 0 spiro atoms. The second kappa shape index (κ2) is 6.36. The van der Waals surface area contributed by atoms with Gasteiger partial charge in [0, 0.05) is 6.54 Å². The van der Waals surface area contributed by atoms with Crippen molar-refractivity contribution in [2.75, 3.05) is 19.6 Å². The van der Waals surface area contributed by atoms with Gasteiger partial charge >= 0.3 is 0 Å². The van der Waals surface area contributed by atoms with Crippen LogP contribution in [0.3, 0.4) is 0 Å². The summed E-state index contributed by atoms with van der Waals surface area (Å²) in [6.45, 7) is 6.36. The van der Waals surface area contributed by atoms with Crippen molar-refractivity contribution in [2.24, 2.45) is 0 Å². The molecule has 18 heavy (non-hydrogen) atoms. The molecule has 3 heteroatoms. The number of benzene rings is 1. The summed E-state index contributed by atoms with van der Waals surface area (Å²) in [6.07, 6.45) is 3.82. The van der Waals surface area contributed by atoms with Gasteiger partial charge in [-0.2, -0.15) is 0 Å². The van der Waals surface area contributed by atoms with E-state index in [1.54, 1.807) is 0 Å². The van der Waals surface area contributed by atoms with E-state index < -0.39 is 0 Å². The van der Waals surface area contributed by atoms with E-state index in [2.05, 4.69) is 28.9 Å². The van der Waals surface area contributed by atoms with Crippen LogP contribution in [0, 0.1) is 0 Å². The SMILES string of the molecule is C=CC(=O)NCC(c1ccccc1)N1CCCC1. The van der Waals surface area contributed by atoms with Gasteiger partial charge in [0.15, 0.2) is 0 Å². The Balaban J connectivity index is 2.07. The normalized spacial score (nSPS) is 17.3. The van der Waals surface area contributed by atoms with Crippen LogP contribution in [0.4, 0.5) is 0 Å². The topological polar surface area (TPSA) is 32.3 Å². The fourth-order valence-electron chi connectivity index (χ4n) is 2.46. The van der Waals surface area contributed by atoms with E-state index in [-0.39, 0.29) is 11.9 Å². The highest BCUT2D eigenvalue weighted by Crippen LogP contribution is 2.24. The number of hydrogen-bond acceptors (Lipinski definition) is 2. The highest BCUT2D eigenvalue weighted by Gasteiger charge is 2.23. The van der Waals surface area contributed by atoms with Crippen molar-refractivity contribution in [1.29, 1.82) is 0 Å². The number of amides is 1. The Hall–Kier alpha value is -1.61. The number of nitrogens with one attached hydrogen (secondary N) is 1. The standard InChI is InChI=1S/C15H20N2O/c1-2-15(18)16-12-14(17-10-6-7-11-17)13-8-4-3-5-9-13/h2-5,8-9,14H,1,6-7,10-12H2,(H,16,18). The second-order valence-corrected chi connectivity index (χ2v) is 4.62. The molecular formula is C15H20N2O. The van der Waals surface area contributed by atoms with Crippen molar-refractivity contribution in [3.63, 3.8) is 0 Å². The van der Waals surface area contributed by atoms with E-state index in [4.69, 9.17) is 0 Å². The number of nitrogens with zero attached hydrogens (tertiary/aromatic N) is 1. The lowest BCUT2D eigenvalue weighted by atomic mass is 10.1. The molecule has 1 unspecified atom stereocenters. The molecule has 1 fully saturated rings. The van der Waals surface area contributed by atoms with Crippen molar-refractivity contribution in [1.82, 2.24) is 10.2 Å². The maximum Gasteiger partial charge on any atom is 0.243 e. The van der Waals surface area contributed by atoms with E-state index in [1.165, 1.54) is 24.5 Å². The Morgan fingerprint density at radius 3 is 2.61 bits per heavy atom. The first-order valence-electron chi connectivity index (χ1n) is 6.50. The summed E-state index contributed by atoms with van der Waals surface area (Å²) in [5.74, 6) is -0.102. The zero-order chi connectivity index (χ0) is 12.8. The Bertz CT molecular complexity index is 396. The largest absolute Gasteiger partial charge is 0.351 e. The first-order chi connectivity index (χ1) is 8.81. The van der Waals surface area contributed by atoms with Crippen LogP contribution in [0.5, 0.6) is 0 Å². The number of carbonyl (C=O) groups is 1. The third-order valence-electron chi connectivity index (χ3n) is 3.42. The molecule has 1 N–H and O–H groups in total. The van der Waals surface area contributed by atoms with E-state index in [0.717, 1.165) is 13.1 Å². The van der Waals surface area contributed by atoms with E-state index >= 15 is 0 Å². The van der Waals surface area contributed by atoms with Crippen molar-refractivity contribution in [3.8, 4) is 0 Å². The van der Waals surface area contributed by atoms with E-state index in [0.29, 0.717) is 6.54 Å². The second-order valence-electron chi connectivity index (χ2n) is 4.62. The Labute approximate surface area is 108 Å². The molecular weight excluding hydrogens is 224 g/mol. The van der Waals surface area contributed by atoms with Crippen LogP contribution < -0.4 is 5.32 Å². The molecule has 1 saturated heterocycles. The van der Waals surface area contributed by atoms with Gasteiger partial charge in [0.05, 0.1) is 6.04 Å². The number of hydrogen-bond donors (Lipinski definition) is 1. The van der Waals surface area contributed by atoms with E-state index in [9.17, 15) is 4.79 Å². The van der Waals surface area contributed by atoms with Crippen molar-refractivity contribution in [3.05, 3.63) is 48.6 Å². The van der Waals surface area contributed by atoms with Crippen LogP contribution in [-0.4, -0.2) is 30.4 Å². The molecule has 1 heterocycles. The van der Waals surface area contributed by atoms with Gasteiger partial charge in [-0.25, -0.2) is 0 Å². The molecule has 0 saturated carbocycles. The van der Waals surface area contributed by atoms with Crippen molar-refractivity contribution in [2.45, 2.75) is 18.9 Å². The fourth-order valence-corrected chi connectivity index (χ4v) is 2.46. The quantitative estimate of drug-likeness (QED) is 0.805. The lowest BCUT2D eigenvalue weighted by molar-refractivity contribution is -0.116. The molecule has 1 aliphatic rings. The van der Waals surface area contributed by atoms with Gasteiger partial charge < -0.3 is 5.32 Å². The molecule has 1 aromatic rings. The van der Waals surface area contributed by atoms with Crippen LogP contribution in [0.15, 0.2) is 43.0 Å². The third kappa shape index (κ3) is 3.20. The van der Waals surface area contributed by atoms with Gasteiger partial charge in [-0.3, -0.25) is 9.69 Å². The zero-order valence-corrected chi connectivity index (χ0v) is 10.6. The summed E-state index contributed by atoms with van der Waals surface area (Å²) in [5.41, 5.74) is 1.27. The number of rotatable bonds is 5. The summed E-state index contributed by atoms with van der Waals surface area (Å²) in [7, 11) is 0. The Morgan fingerprint density at radius 1 is 1.33 bits per heavy atom. The molecule has 96 valence electrons. The molecule has 1 amide bonds. The van der Waals surface area contributed by atoms with Gasteiger partial charge in [0.25, 0.3) is 0 Å². The first-order valence-corrected chi connectivity index (χ1v) is 6.50. The highest BCUT2D eigenvalue weighted by atomic mass is 16.1. The smallest absolute Gasteiger partial charge is 0.243 e. The molecule has 0 aliphatic carbocycles. The minimum atomic E-state index is -0.102. The molecule has 1 aliphatic heterocycles. The lowest BCUT2D eigenvalue weighted by Gasteiger charge is -2.28. The van der Waals surface area contributed by atoms with Crippen molar-refractivity contribution >= 4 is 5.91 Å². The minimum absolute atomic E-state index is 0.102. The maximum absolute atomic E-state index is 11.3. The molecule has 0 radical (unpaired) electrons. The van der Waals surface area contributed by atoms with Gasteiger partial charge in [-0.05, 0) is 37.6 Å². The Kier molecular flexibility index (Phi) is 4.53. The van der Waals surface area contributed by atoms with Gasteiger partial charge in [-0.1, -0.05) is 36.9 Å². The molecule has 1 aromatic carbocycles. The summed E-state index contributed by atoms with van der Waals surface area (Å²) in [5, 5.41) is 2.91. The minimum Gasteiger partial charge on any atom is -0.351 e. The Morgan fingerprint density at radius 2 is 2.00 bits per heavy atom. The predicted molar refractivity (Wildman–Crippen MR) is 73.2 cm³/mol. The van der Waals surface area contributed by atoms with Gasteiger partial charge in [-0.15, -0.1) is 0 Å². The fraction of sp³-hybridized carbons (Fsp3) is 0.400. The average Bonchev–Trinajstić information content (AvgIpc) is 2.94. The van der Waals surface area contributed by atoms with Crippen LogP contribution >= 0.6 is 0 Å². The summed E-state index contributed by atoms with van der Waals surface area (Å²) < 4.78 is 0. The van der Waals surface area contributed by atoms with Crippen molar-refractivity contribution < 1.29 is 4.79 Å². The summed E-state index contributed by atoms with van der Waals surface area (Å²) in [6, 6.07) is 10.7. The zero-order valence-electron chi connectivity index (χ0n) is 10.6. The summed E-state index contributed by atoms with van der Waals surface area (Å²) in [4.78, 5) is 13.8. The van der Waals surface area contributed by atoms with Gasteiger partial charge in [0.1, 0.15) is 0 Å². The highest BCUT2D eigenvalue weighted by molar-refractivity contribution is 5.86. The predicted octanol–water partition coefficient (Wildman–Crippen LogP) is 2.13. The maximum atomic E-state index is 11.3. The lowest BCUT2D eigenvalue weighted by Crippen LogP contribution is -2.36. The van der Waals surface area contributed by atoms with Crippen LogP contribution in [0.2, 0.25) is 0 Å². The average molecular weight is 244 g/mol. The third-order valence-corrected chi connectivity index (χ3v) is 3.42. The molecule has 0 bridgehead atoms. The van der Waals surface area contributed by atoms with Gasteiger partial charge in [0.2, 0.25) is 5.91 Å². The summed E-state index contributed by atoms with van der Waals surface area (Å²) >= 11 is 0. The molecule has 3 nitrogen and oxygen atoms in total. The monoisotopic (exact) mass is 244 g/mol. The number of carbonyl (C=O) groups excluding carboxylic acids is 1. The molecule has 0 aromatic heterocycles. The van der Waals surface area contributed by atoms with Crippen LogP contribution in [-0.2, 0) is 4.79 Å². The van der Waals surface area contributed by atoms with Crippen LogP contribution in [0.25, 0.3) is 0 Å². The first kappa shape index (κ1) is 12.8. The van der Waals surface area contributed by atoms with Crippen LogP contribution in [0.1, 0.15) is 24.4 Å². The number of likely N-dealkylation sites (tertiary alicyclic amines) is 1. The van der Waals surface area contributed by atoms with E-state index in [1.807, 2.05) is 18.2 Å².